The second-order valence-electron chi connectivity index (χ2n) is 4.98. The van der Waals surface area contributed by atoms with Crippen LogP contribution in [0.5, 0.6) is 0 Å². The minimum Gasteiger partial charge on any atom is -0.336 e. The van der Waals surface area contributed by atoms with Gasteiger partial charge in [-0.05, 0) is 13.0 Å². The Kier molecular flexibility index (Phi) is 7.14. The lowest BCUT2D eigenvalue weighted by molar-refractivity contribution is 0.437. The number of rotatable bonds is 10. The monoisotopic (exact) mass is 303 g/mol. The zero-order chi connectivity index (χ0) is 15.0. The summed E-state index contributed by atoms with van der Waals surface area (Å²) >= 11 is 0. The molecule has 0 atom stereocenters. The van der Waals surface area contributed by atoms with Crippen LogP contribution in [0.1, 0.15) is 20.3 Å². The molecule has 0 aromatic carbocycles. The van der Waals surface area contributed by atoms with E-state index in [0.29, 0.717) is 25.7 Å². The van der Waals surface area contributed by atoms with Crippen LogP contribution in [-0.2, 0) is 16.8 Å². The molecule has 0 aliphatic carbocycles. The Labute approximate surface area is 121 Å². The maximum Gasteiger partial charge on any atom is 0.279 e. The van der Waals surface area contributed by atoms with Crippen LogP contribution < -0.4 is 10.0 Å². The highest BCUT2D eigenvalue weighted by molar-refractivity contribution is 7.87. The van der Waals surface area contributed by atoms with E-state index in [1.807, 2.05) is 4.57 Å². The molecular formula is C12H25N5O2S. The highest BCUT2D eigenvalue weighted by Crippen LogP contribution is 1.96. The van der Waals surface area contributed by atoms with E-state index in [1.54, 1.807) is 25.8 Å². The van der Waals surface area contributed by atoms with Crippen LogP contribution in [0.3, 0.4) is 0 Å². The Balaban J connectivity index is 2.24. The van der Waals surface area contributed by atoms with Crippen molar-refractivity contribution in [3.05, 3.63) is 18.7 Å². The molecule has 2 N–H and O–H groups in total. The van der Waals surface area contributed by atoms with Gasteiger partial charge in [0.2, 0.25) is 0 Å². The van der Waals surface area contributed by atoms with E-state index in [1.165, 1.54) is 4.31 Å². The Hall–Kier alpha value is -0.960. The number of hydrogen-bond donors (Lipinski definition) is 2. The molecule has 1 aromatic rings. The molecule has 0 saturated heterocycles. The molecule has 8 heteroatoms. The molecule has 0 saturated carbocycles. The summed E-state index contributed by atoms with van der Waals surface area (Å²) in [5, 5.41) is 3.26. The predicted octanol–water partition coefficient (Wildman–Crippen LogP) is 0.0374. The van der Waals surface area contributed by atoms with Crippen molar-refractivity contribution in [2.45, 2.75) is 32.9 Å². The molecule has 0 amide bonds. The lowest BCUT2D eigenvalue weighted by Gasteiger charge is -2.18. The van der Waals surface area contributed by atoms with E-state index in [0.717, 1.165) is 13.0 Å². The van der Waals surface area contributed by atoms with Crippen LogP contribution >= 0.6 is 0 Å². The molecule has 116 valence electrons. The Morgan fingerprint density at radius 1 is 1.35 bits per heavy atom. The second kappa shape index (κ2) is 8.35. The molecular weight excluding hydrogens is 278 g/mol. The van der Waals surface area contributed by atoms with Crippen molar-refractivity contribution >= 4 is 10.2 Å². The molecule has 0 aliphatic heterocycles. The topological polar surface area (TPSA) is 79.3 Å². The maximum absolute atomic E-state index is 12.0. The van der Waals surface area contributed by atoms with Gasteiger partial charge in [-0.25, -0.2) is 9.71 Å². The summed E-state index contributed by atoms with van der Waals surface area (Å²) in [7, 11) is -1.80. The summed E-state index contributed by atoms with van der Waals surface area (Å²) in [6.45, 7) is 6.37. The smallest absolute Gasteiger partial charge is 0.279 e. The van der Waals surface area contributed by atoms with Crippen LogP contribution in [0, 0.1) is 0 Å². The summed E-state index contributed by atoms with van der Waals surface area (Å²) in [6.07, 6.45) is 5.92. The largest absolute Gasteiger partial charge is 0.336 e. The van der Waals surface area contributed by atoms with Gasteiger partial charge in [0.25, 0.3) is 10.2 Å². The first-order chi connectivity index (χ1) is 9.42. The molecule has 1 heterocycles. The molecule has 0 spiro atoms. The fourth-order valence-corrected chi connectivity index (χ4v) is 2.58. The van der Waals surface area contributed by atoms with Gasteiger partial charge < -0.3 is 9.88 Å². The van der Waals surface area contributed by atoms with Gasteiger partial charge >= 0.3 is 0 Å². The van der Waals surface area contributed by atoms with Gasteiger partial charge in [-0.1, -0.05) is 13.8 Å². The first-order valence-electron chi connectivity index (χ1n) is 6.82. The van der Waals surface area contributed by atoms with E-state index < -0.39 is 10.2 Å². The Bertz CT molecular complexity index is 458. The van der Waals surface area contributed by atoms with Crippen LogP contribution in [-0.4, -0.2) is 55.0 Å². The molecule has 20 heavy (non-hydrogen) atoms. The first-order valence-corrected chi connectivity index (χ1v) is 8.26. The van der Waals surface area contributed by atoms with E-state index in [2.05, 4.69) is 28.9 Å². The van der Waals surface area contributed by atoms with Gasteiger partial charge in [0.05, 0.1) is 6.33 Å². The van der Waals surface area contributed by atoms with E-state index >= 15 is 0 Å². The predicted molar refractivity (Wildman–Crippen MR) is 79.5 cm³/mol. The number of aromatic nitrogens is 2. The van der Waals surface area contributed by atoms with E-state index in [-0.39, 0.29) is 0 Å². The SMILES string of the molecule is CC(C)NCCCN(C)S(=O)(=O)NCCn1ccnc1. The normalized spacial score (nSPS) is 12.4. The van der Waals surface area contributed by atoms with Crippen molar-refractivity contribution in [1.82, 2.24) is 23.9 Å². The van der Waals surface area contributed by atoms with Crippen LogP contribution in [0.4, 0.5) is 0 Å². The van der Waals surface area contributed by atoms with E-state index in [9.17, 15) is 8.42 Å². The summed E-state index contributed by atoms with van der Waals surface area (Å²) in [4.78, 5) is 3.90. The fraction of sp³-hybridized carbons (Fsp3) is 0.750. The van der Waals surface area contributed by atoms with Crippen molar-refractivity contribution in [2.24, 2.45) is 0 Å². The summed E-state index contributed by atoms with van der Waals surface area (Å²) in [5.74, 6) is 0. The summed E-state index contributed by atoms with van der Waals surface area (Å²) in [5.41, 5.74) is 0. The zero-order valence-corrected chi connectivity index (χ0v) is 13.2. The quantitative estimate of drug-likeness (QED) is 0.598. The van der Waals surface area contributed by atoms with Crippen LogP contribution in [0.2, 0.25) is 0 Å². The van der Waals surface area contributed by atoms with Crippen molar-refractivity contribution in [1.29, 1.82) is 0 Å². The third-order valence-electron chi connectivity index (χ3n) is 2.83. The van der Waals surface area contributed by atoms with Crippen LogP contribution in [0.25, 0.3) is 0 Å². The lowest BCUT2D eigenvalue weighted by atomic mass is 10.3. The number of hydrogen-bond acceptors (Lipinski definition) is 4. The van der Waals surface area contributed by atoms with Gasteiger partial charge in [-0.15, -0.1) is 0 Å². The molecule has 0 radical (unpaired) electrons. The van der Waals surface area contributed by atoms with Gasteiger partial charge in [0.15, 0.2) is 0 Å². The number of nitrogens with one attached hydrogen (secondary N) is 2. The molecule has 1 rings (SSSR count). The summed E-state index contributed by atoms with van der Waals surface area (Å²) < 4.78 is 29.7. The van der Waals surface area contributed by atoms with Crippen LogP contribution in [0.15, 0.2) is 18.7 Å². The highest BCUT2D eigenvalue weighted by Gasteiger charge is 2.15. The lowest BCUT2D eigenvalue weighted by Crippen LogP contribution is -2.40. The number of imidazole rings is 1. The van der Waals surface area contributed by atoms with Gasteiger partial charge in [-0.2, -0.15) is 12.7 Å². The van der Waals surface area contributed by atoms with Gasteiger partial charge in [0, 0.05) is 45.1 Å². The minimum atomic E-state index is -3.39. The molecule has 1 aromatic heterocycles. The zero-order valence-electron chi connectivity index (χ0n) is 12.4. The first kappa shape index (κ1) is 17.1. The standard InChI is InChI=1S/C12H25N5O2S/c1-12(2)14-5-4-8-16(3)20(18,19)15-7-10-17-9-6-13-11-17/h6,9,11-12,14-15H,4-5,7-8,10H2,1-3H3. The average Bonchev–Trinajstić information content (AvgIpc) is 2.87. The van der Waals surface area contributed by atoms with Crippen molar-refractivity contribution in [2.75, 3.05) is 26.7 Å². The third-order valence-corrected chi connectivity index (χ3v) is 4.40. The second-order valence-corrected chi connectivity index (χ2v) is 6.85. The summed E-state index contributed by atoms with van der Waals surface area (Å²) in [6, 6.07) is 0.421. The molecule has 0 bridgehead atoms. The van der Waals surface area contributed by atoms with Crippen molar-refractivity contribution in [3.63, 3.8) is 0 Å². The third kappa shape index (κ3) is 6.47. The van der Waals surface area contributed by atoms with Crippen molar-refractivity contribution in [3.8, 4) is 0 Å². The molecule has 0 fully saturated rings. The molecule has 0 aliphatic rings. The van der Waals surface area contributed by atoms with Crippen molar-refractivity contribution < 1.29 is 8.42 Å². The van der Waals surface area contributed by atoms with E-state index in [4.69, 9.17) is 0 Å². The fourth-order valence-electron chi connectivity index (χ4n) is 1.65. The Morgan fingerprint density at radius 3 is 2.70 bits per heavy atom. The number of nitrogens with zero attached hydrogens (tertiary/aromatic N) is 3. The highest BCUT2D eigenvalue weighted by atomic mass is 32.2. The van der Waals surface area contributed by atoms with Gasteiger partial charge in [0.1, 0.15) is 0 Å². The molecule has 0 unspecified atom stereocenters. The maximum atomic E-state index is 12.0. The minimum absolute atomic E-state index is 0.354. The Morgan fingerprint density at radius 2 is 2.10 bits per heavy atom. The van der Waals surface area contributed by atoms with Gasteiger partial charge in [-0.3, -0.25) is 0 Å². The molecule has 7 nitrogen and oxygen atoms in total. The average molecular weight is 303 g/mol.